The molecular formula is C12H14FN3. The van der Waals surface area contributed by atoms with Crippen LogP contribution in [0.3, 0.4) is 0 Å². The van der Waals surface area contributed by atoms with Crippen LogP contribution in [0.15, 0.2) is 30.5 Å². The van der Waals surface area contributed by atoms with Crippen molar-refractivity contribution in [3.05, 3.63) is 42.0 Å². The van der Waals surface area contributed by atoms with Gasteiger partial charge in [-0.15, -0.1) is 0 Å². The van der Waals surface area contributed by atoms with Crippen LogP contribution in [-0.2, 0) is 7.05 Å². The Morgan fingerprint density at radius 1 is 1.38 bits per heavy atom. The minimum atomic E-state index is -0.271. The largest absolute Gasteiger partial charge is 0.330 e. The lowest BCUT2D eigenvalue weighted by atomic mass is 10.2. The Hall–Kier alpha value is -1.68. The van der Waals surface area contributed by atoms with Crippen molar-refractivity contribution in [1.82, 2.24) is 9.55 Å². The van der Waals surface area contributed by atoms with Gasteiger partial charge in [0.2, 0.25) is 0 Å². The molecule has 0 saturated heterocycles. The smallest absolute Gasteiger partial charge is 0.142 e. The Morgan fingerprint density at radius 3 is 2.62 bits per heavy atom. The Bertz CT molecular complexity index is 503. The van der Waals surface area contributed by atoms with Gasteiger partial charge < -0.3 is 10.3 Å². The highest BCUT2D eigenvalue weighted by molar-refractivity contribution is 5.56. The SMILES string of the molecule is CC(N)c1cnc(-c2ccccc2F)n1C. The summed E-state index contributed by atoms with van der Waals surface area (Å²) in [6.07, 6.45) is 1.69. The molecule has 3 nitrogen and oxygen atoms in total. The van der Waals surface area contributed by atoms with Gasteiger partial charge in [-0.1, -0.05) is 12.1 Å². The third-order valence-corrected chi connectivity index (χ3v) is 2.61. The highest BCUT2D eigenvalue weighted by atomic mass is 19.1. The van der Waals surface area contributed by atoms with E-state index in [1.54, 1.807) is 24.4 Å². The van der Waals surface area contributed by atoms with E-state index in [0.29, 0.717) is 11.4 Å². The predicted octanol–water partition coefficient (Wildman–Crippen LogP) is 2.25. The normalized spacial score (nSPS) is 12.8. The van der Waals surface area contributed by atoms with Crippen molar-refractivity contribution in [2.24, 2.45) is 12.8 Å². The molecule has 2 rings (SSSR count). The molecule has 0 aliphatic heterocycles. The summed E-state index contributed by atoms with van der Waals surface area (Å²) in [6, 6.07) is 6.48. The van der Waals surface area contributed by atoms with Gasteiger partial charge in [0, 0.05) is 13.1 Å². The van der Waals surface area contributed by atoms with Crippen molar-refractivity contribution in [3.63, 3.8) is 0 Å². The number of aromatic nitrogens is 2. The first kappa shape index (κ1) is 10.8. The maximum atomic E-state index is 13.6. The van der Waals surface area contributed by atoms with Crippen molar-refractivity contribution >= 4 is 0 Å². The first-order chi connectivity index (χ1) is 7.61. The van der Waals surface area contributed by atoms with Crippen molar-refractivity contribution < 1.29 is 4.39 Å². The summed E-state index contributed by atoms with van der Waals surface area (Å²) in [4.78, 5) is 4.21. The predicted molar refractivity (Wildman–Crippen MR) is 61.2 cm³/mol. The molecule has 2 aromatic rings. The zero-order valence-electron chi connectivity index (χ0n) is 9.31. The summed E-state index contributed by atoms with van der Waals surface area (Å²) in [6.45, 7) is 1.88. The second-order valence-corrected chi connectivity index (χ2v) is 3.83. The van der Waals surface area contributed by atoms with Gasteiger partial charge in [0.15, 0.2) is 0 Å². The average Bonchev–Trinajstić information content (AvgIpc) is 2.61. The Kier molecular flexibility index (Phi) is 2.75. The minimum Gasteiger partial charge on any atom is -0.330 e. The first-order valence-electron chi connectivity index (χ1n) is 5.13. The van der Waals surface area contributed by atoms with Crippen LogP contribution < -0.4 is 5.73 Å². The summed E-state index contributed by atoms with van der Waals surface area (Å²) < 4.78 is 15.4. The fourth-order valence-electron chi connectivity index (χ4n) is 1.74. The molecule has 0 spiro atoms. The van der Waals surface area contributed by atoms with Crippen LogP contribution in [0.1, 0.15) is 18.7 Å². The third kappa shape index (κ3) is 1.72. The molecule has 2 N–H and O–H groups in total. The molecular weight excluding hydrogens is 205 g/mol. The van der Waals surface area contributed by atoms with Crippen LogP contribution in [0.5, 0.6) is 0 Å². The standard InChI is InChI=1S/C12H14FN3/c1-8(14)11-7-15-12(16(11)2)9-5-3-4-6-10(9)13/h3-8H,14H2,1-2H3. The maximum Gasteiger partial charge on any atom is 0.142 e. The van der Waals surface area contributed by atoms with Gasteiger partial charge in [-0.05, 0) is 19.1 Å². The summed E-state index contributed by atoms with van der Waals surface area (Å²) in [5.41, 5.74) is 7.17. The molecule has 1 aromatic heterocycles. The molecule has 1 unspecified atom stereocenters. The second kappa shape index (κ2) is 4.06. The van der Waals surface area contributed by atoms with Gasteiger partial charge in [-0.3, -0.25) is 0 Å². The van der Waals surface area contributed by atoms with Crippen LogP contribution in [-0.4, -0.2) is 9.55 Å². The van der Waals surface area contributed by atoms with Crippen LogP contribution >= 0.6 is 0 Å². The minimum absolute atomic E-state index is 0.113. The van der Waals surface area contributed by atoms with Crippen molar-refractivity contribution in [3.8, 4) is 11.4 Å². The van der Waals surface area contributed by atoms with E-state index in [1.165, 1.54) is 6.07 Å². The zero-order chi connectivity index (χ0) is 11.7. The summed E-state index contributed by atoms with van der Waals surface area (Å²) in [7, 11) is 1.84. The monoisotopic (exact) mass is 219 g/mol. The van der Waals surface area contributed by atoms with E-state index in [2.05, 4.69) is 4.98 Å². The summed E-state index contributed by atoms with van der Waals surface area (Å²) >= 11 is 0. The Labute approximate surface area is 93.7 Å². The summed E-state index contributed by atoms with van der Waals surface area (Å²) in [5.74, 6) is 0.331. The number of nitrogens with zero attached hydrogens (tertiary/aromatic N) is 2. The van der Waals surface area contributed by atoms with Crippen LogP contribution in [0.4, 0.5) is 4.39 Å². The van der Waals surface area contributed by atoms with Gasteiger partial charge in [-0.25, -0.2) is 9.37 Å². The average molecular weight is 219 g/mol. The molecule has 0 aliphatic rings. The Balaban J connectivity index is 2.54. The quantitative estimate of drug-likeness (QED) is 0.841. The maximum absolute atomic E-state index is 13.6. The highest BCUT2D eigenvalue weighted by Gasteiger charge is 2.13. The number of benzene rings is 1. The van der Waals surface area contributed by atoms with Crippen molar-refractivity contribution in [2.75, 3.05) is 0 Å². The molecule has 0 saturated carbocycles. The lowest BCUT2D eigenvalue weighted by molar-refractivity contribution is 0.627. The number of rotatable bonds is 2. The number of halogens is 1. The zero-order valence-corrected chi connectivity index (χ0v) is 9.31. The van der Waals surface area contributed by atoms with Crippen LogP contribution in [0.2, 0.25) is 0 Å². The van der Waals surface area contributed by atoms with Crippen LogP contribution in [0.25, 0.3) is 11.4 Å². The molecule has 1 aromatic carbocycles. The van der Waals surface area contributed by atoms with E-state index in [1.807, 2.05) is 18.5 Å². The topological polar surface area (TPSA) is 43.8 Å². The number of imidazole rings is 1. The molecule has 4 heteroatoms. The van der Waals surface area contributed by atoms with E-state index >= 15 is 0 Å². The molecule has 0 aliphatic carbocycles. The van der Waals surface area contributed by atoms with Gasteiger partial charge in [0.1, 0.15) is 11.6 Å². The molecule has 0 amide bonds. The van der Waals surface area contributed by atoms with Gasteiger partial charge in [0.05, 0.1) is 17.5 Å². The van der Waals surface area contributed by atoms with Crippen molar-refractivity contribution in [1.29, 1.82) is 0 Å². The van der Waals surface area contributed by atoms with Crippen molar-refractivity contribution in [2.45, 2.75) is 13.0 Å². The first-order valence-corrected chi connectivity index (χ1v) is 5.13. The van der Waals surface area contributed by atoms with Gasteiger partial charge >= 0.3 is 0 Å². The van der Waals surface area contributed by atoms with E-state index in [0.717, 1.165) is 5.69 Å². The molecule has 0 fully saturated rings. The van der Waals surface area contributed by atoms with E-state index in [-0.39, 0.29) is 11.9 Å². The lowest BCUT2D eigenvalue weighted by Crippen LogP contribution is -2.10. The fraction of sp³-hybridized carbons (Fsp3) is 0.250. The van der Waals surface area contributed by atoms with E-state index in [4.69, 9.17) is 5.73 Å². The highest BCUT2D eigenvalue weighted by Crippen LogP contribution is 2.23. The summed E-state index contributed by atoms with van der Waals surface area (Å²) in [5, 5.41) is 0. The van der Waals surface area contributed by atoms with Crippen LogP contribution in [0, 0.1) is 5.82 Å². The Morgan fingerprint density at radius 2 is 2.06 bits per heavy atom. The van der Waals surface area contributed by atoms with Gasteiger partial charge in [0.25, 0.3) is 0 Å². The molecule has 0 radical (unpaired) electrons. The van der Waals surface area contributed by atoms with E-state index in [9.17, 15) is 4.39 Å². The fourth-order valence-corrected chi connectivity index (χ4v) is 1.74. The molecule has 16 heavy (non-hydrogen) atoms. The molecule has 84 valence electrons. The van der Waals surface area contributed by atoms with Gasteiger partial charge in [-0.2, -0.15) is 0 Å². The number of nitrogens with two attached hydrogens (primary N) is 1. The molecule has 1 atom stereocenters. The number of hydrogen-bond acceptors (Lipinski definition) is 2. The van der Waals surface area contributed by atoms with E-state index < -0.39 is 0 Å². The second-order valence-electron chi connectivity index (χ2n) is 3.83. The number of hydrogen-bond donors (Lipinski definition) is 1. The lowest BCUT2D eigenvalue weighted by Gasteiger charge is -2.08. The third-order valence-electron chi connectivity index (χ3n) is 2.61. The molecule has 1 heterocycles. The molecule has 0 bridgehead atoms.